The summed E-state index contributed by atoms with van der Waals surface area (Å²) in [6.45, 7) is -0.738. The van der Waals surface area contributed by atoms with Gasteiger partial charge in [0.25, 0.3) is 0 Å². The number of aromatic hydroxyl groups is 1. The van der Waals surface area contributed by atoms with Crippen molar-refractivity contribution in [2.75, 3.05) is 13.2 Å². The Morgan fingerprint density at radius 3 is 2.80 bits per heavy atom. The Bertz CT molecular complexity index is 336. The zero-order chi connectivity index (χ0) is 11.3. The van der Waals surface area contributed by atoms with Crippen molar-refractivity contribution < 1.29 is 24.9 Å². The lowest BCUT2D eigenvalue weighted by atomic mass is 10.2. The van der Waals surface area contributed by atoms with Gasteiger partial charge >= 0.3 is 5.97 Å². The molecule has 0 unspecified atom stereocenters. The molecule has 5 nitrogen and oxygen atoms in total. The van der Waals surface area contributed by atoms with E-state index in [1.807, 2.05) is 0 Å². The van der Waals surface area contributed by atoms with E-state index in [0.717, 1.165) is 0 Å². The molecule has 5 heteroatoms. The Morgan fingerprint density at radius 2 is 2.20 bits per heavy atom. The van der Waals surface area contributed by atoms with Crippen LogP contribution < -0.4 is 0 Å². The van der Waals surface area contributed by atoms with Crippen LogP contribution in [0.4, 0.5) is 0 Å². The van der Waals surface area contributed by atoms with Crippen LogP contribution in [-0.4, -0.2) is 40.6 Å². The van der Waals surface area contributed by atoms with Gasteiger partial charge in [-0.25, -0.2) is 4.79 Å². The van der Waals surface area contributed by atoms with E-state index in [1.165, 1.54) is 24.3 Å². The fourth-order valence-corrected chi connectivity index (χ4v) is 0.941. The van der Waals surface area contributed by atoms with Crippen molar-refractivity contribution in [1.29, 1.82) is 0 Å². The summed E-state index contributed by atoms with van der Waals surface area (Å²) in [6, 6.07) is 5.68. The molecule has 0 spiro atoms. The summed E-state index contributed by atoms with van der Waals surface area (Å²) in [5.41, 5.74) is 0.195. The van der Waals surface area contributed by atoms with Gasteiger partial charge in [0.2, 0.25) is 0 Å². The molecule has 0 aliphatic carbocycles. The monoisotopic (exact) mass is 212 g/mol. The summed E-state index contributed by atoms with van der Waals surface area (Å²) in [5, 5.41) is 26.5. The number of carbonyl (C=O) groups excluding carboxylic acids is 1. The molecule has 1 aromatic carbocycles. The van der Waals surface area contributed by atoms with E-state index in [9.17, 15) is 4.79 Å². The highest BCUT2D eigenvalue weighted by molar-refractivity contribution is 5.89. The van der Waals surface area contributed by atoms with Gasteiger partial charge in [-0.2, -0.15) is 0 Å². The van der Waals surface area contributed by atoms with Crippen LogP contribution in [0.3, 0.4) is 0 Å². The Hall–Kier alpha value is -1.59. The molecule has 0 bridgehead atoms. The molecule has 0 saturated heterocycles. The van der Waals surface area contributed by atoms with Crippen LogP contribution in [-0.2, 0) is 4.74 Å². The number of phenolic OH excluding ortho intramolecular Hbond substituents is 1. The maximum Gasteiger partial charge on any atom is 0.338 e. The third-order valence-corrected chi connectivity index (χ3v) is 1.70. The number of aliphatic hydroxyl groups is 2. The molecule has 0 heterocycles. The molecular weight excluding hydrogens is 200 g/mol. The zero-order valence-electron chi connectivity index (χ0n) is 7.96. The van der Waals surface area contributed by atoms with Crippen LogP contribution >= 0.6 is 0 Å². The van der Waals surface area contributed by atoms with Crippen molar-refractivity contribution in [1.82, 2.24) is 0 Å². The van der Waals surface area contributed by atoms with E-state index in [2.05, 4.69) is 4.74 Å². The quantitative estimate of drug-likeness (QED) is 0.607. The van der Waals surface area contributed by atoms with Crippen LogP contribution in [0.25, 0.3) is 0 Å². The molecule has 82 valence electrons. The largest absolute Gasteiger partial charge is 0.508 e. The lowest BCUT2D eigenvalue weighted by Gasteiger charge is -2.08. The third-order valence-electron chi connectivity index (χ3n) is 1.70. The second kappa shape index (κ2) is 5.33. The zero-order valence-corrected chi connectivity index (χ0v) is 7.96. The van der Waals surface area contributed by atoms with Gasteiger partial charge in [0, 0.05) is 0 Å². The van der Waals surface area contributed by atoms with Crippen molar-refractivity contribution in [3.63, 3.8) is 0 Å². The molecule has 0 aliphatic rings. The third kappa shape index (κ3) is 3.57. The Labute approximate surface area is 86.5 Å². The van der Waals surface area contributed by atoms with Crippen molar-refractivity contribution in [3.05, 3.63) is 29.8 Å². The predicted molar refractivity (Wildman–Crippen MR) is 51.5 cm³/mol. The number of ether oxygens (including phenoxy) is 1. The highest BCUT2D eigenvalue weighted by Gasteiger charge is 2.10. The van der Waals surface area contributed by atoms with Crippen molar-refractivity contribution in [2.24, 2.45) is 0 Å². The number of esters is 1. The standard InChI is InChI=1S/C10H12O5/c11-5-9(13)6-15-10(14)7-2-1-3-8(12)4-7/h1-4,9,11-13H,5-6H2/t9-/m0/s1. The Kier molecular flexibility index (Phi) is 4.08. The molecule has 0 amide bonds. The second-order valence-electron chi connectivity index (χ2n) is 2.99. The maximum absolute atomic E-state index is 11.3. The predicted octanol–water partition coefficient (Wildman–Crippen LogP) is -0.0978. The van der Waals surface area contributed by atoms with Crippen LogP contribution in [0.1, 0.15) is 10.4 Å². The van der Waals surface area contributed by atoms with Crippen molar-refractivity contribution >= 4 is 5.97 Å². The van der Waals surface area contributed by atoms with Gasteiger partial charge in [0.05, 0.1) is 12.2 Å². The molecule has 0 fully saturated rings. The fraction of sp³-hybridized carbons (Fsp3) is 0.300. The van der Waals surface area contributed by atoms with Gasteiger partial charge in [-0.3, -0.25) is 0 Å². The summed E-state index contributed by atoms with van der Waals surface area (Å²) >= 11 is 0. The SMILES string of the molecule is O=C(OC[C@@H](O)CO)c1cccc(O)c1. The summed E-state index contributed by atoms with van der Waals surface area (Å²) in [5.74, 6) is -0.689. The fourth-order valence-electron chi connectivity index (χ4n) is 0.941. The lowest BCUT2D eigenvalue weighted by molar-refractivity contribution is 0.00931. The van der Waals surface area contributed by atoms with Crippen LogP contribution in [0, 0.1) is 0 Å². The van der Waals surface area contributed by atoms with Gasteiger partial charge in [0.1, 0.15) is 18.5 Å². The number of rotatable bonds is 4. The van der Waals surface area contributed by atoms with E-state index >= 15 is 0 Å². The van der Waals surface area contributed by atoms with Crippen molar-refractivity contribution in [2.45, 2.75) is 6.10 Å². The number of hydrogen-bond donors (Lipinski definition) is 3. The average Bonchev–Trinajstić information content (AvgIpc) is 2.25. The summed E-state index contributed by atoms with van der Waals surface area (Å²) in [4.78, 5) is 11.3. The van der Waals surface area contributed by atoms with Crippen LogP contribution in [0.5, 0.6) is 5.75 Å². The van der Waals surface area contributed by atoms with Gasteiger partial charge < -0.3 is 20.1 Å². The molecule has 0 aromatic heterocycles. The number of phenols is 1. The summed E-state index contributed by atoms with van der Waals surface area (Å²) < 4.78 is 4.68. The van der Waals surface area contributed by atoms with Crippen LogP contribution in [0.2, 0.25) is 0 Å². The molecule has 1 rings (SSSR count). The summed E-state index contributed by atoms with van der Waals surface area (Å²) in [7, 11) is 0. The molecule has 1 atom stereocenters. The minimum absolute atomic E-state index is 0.0350. The minimum atomic E-state index is -1.08. The number of benzene rings is 1. The highest BCUT2D eigenvalue weighted by Crippen LogP contribution is 2.11. The van der Waals surface area contributed by atoms with Gasteiger partial charge in [-0.1, -0.05) is 6.07 Å². The van der Waals surface area contributed by atoms with Crippen LogP contribution in [0.15, 0.2) is 24.3 Å². The van der Waals surface area contributed by atoms with Gasteiger partial charge in [0.15, 0.2) is 0 Å². The topological polar surface area (TPSA) is 87.0 Å². The van der Waals surface area contributed by atoms with Gasteiger partial charge in [-0.15, -0.1) is 0 Å². The first kappa shape index (κ1) is 11.5. The minimum Gasteiger partial charge on any atom is -0.508 e. The Balaban J connectivity index is 2.54. The normalized spacial score (nSPS) is 12.1. The second-order valence-corrected chi connectivity index (χ2v) is 2.99. The molecule has 0 saturated carbocycles. The van der Waals surface area contributed by atoms with E-state index in [1.54, 1.807) is 0 Å². The molecule has 1 aromatic rings. The first-order valence-corrected chi connectivity index (χ1v) is 4.38. The lowest BCUT2D eigenvalue weighted by Crippen LogP contribution is -2.21. The molecule has 0 radical (unpaired) electrons. The molecule has 0 aliphatic heterocycles. The maximum atomic E-state index is 11.3. The van der Waals surface area contributed by atoms with E-state index in [0.29, 0.717) is 0 Å². The average molecular weight is 212 g/mol. The number of hydrogen-bond acceptors (Lipinski definition) is 5. The van der Waals surface area contributed by atoms with E-state index < -0.39 is 18.7 Å². The smallest absolute Gasteiger partial charge is 0.338 e. The first-order chi connectivity index (χ1) is 7.13. The first-order valence-electron chi connectivity index (χ1n) is 4.38. The highest BCUT2D eigenvalue weighted by atomic mass is 16.5. The molecular formula is C10H12O5. The number of aliphatic hydroxyl groups excluding tert-OH is 2. The molecule has 15 heavy (non-hydrogen) atoms. The molecule has 3 N–H and O–H groups in total. The number of carbonyl (C=O) groups is 1. The van der Waals surface area contributed by atoms with E-state index in [-0.39, 0.29) is 17.9 Å². The van der Waals surface area contributed by atoms with E-state index in [4.69, 9.17) is 15.3 Å². The summed E-state index contributed by atoms with van der Waals surface area (Å²) in [6.07, 6.45) is -1.08. The van der Waals surface area contributed by atoms with Gasteiger partial charge in [-0.05, 0) is 18.2 Å². The Morgan fingerprint density at radius 1 is 1.47 bits per heavy atom. The van der Waals surface area contributed by atoms with Crippen molar-refractivity contribution in [3.8, 4) is 5.75 Å².